The standard InChI is InChI=1S/C9H16N2/c1-8(2)11-7-9(6-10)4-3-5-9/h8,11H,3-5,7H2,1-2H3. The van der Waals surface area contributed by atoms with Crippen molar-refractivity contribution >= 4 is 0 Å². The van der Waals surface area contributed by atoms with Gasteiger partial charge in [0.1, 0.15) is 0 Å². The van der Waals surface area contributed by atoms with Gasteiger partial charge in [0.15, 0.2) is 0 Å². The predicted molar refractivity (Wildman–Crippen MR) is 45.0 cm³/mol. The van der Waals surface area contributed by atoms with Crippen LogP contribution in [0.4, 0.5) is 0 Å². The first-order valence-electron chi connectivity index (χ1n) is 4.33. The molecule has 0 spiro atoms. The van der Waals surface area contributed by atoms with E-state index in [1.54, 1.807) is 0 Å². The highest BCUT2D eigenvalue weighted by Crippen LogP contribution is 2.39. The highest BCUT2D eigenvalue weighted by molar-refractivity contribution is 5.05. The van der Waals surface area contributed by atoms with Crippen molar-refractivity contribution in [3.8, 4) is 6.07 Å². The summed E-state index contributed by atoms with van der Waals surface area (Å²) in [6.45, 7) is 5.11. The molecule has 0 amide bonds. The summed E-state index contributed by atoms with van der Waals surface area (Å²) in [4.78, 5) is 0. The van der Waals surface area contributed by atoms with Crippen molar-refractivity contribution in [3.05, 3.63) is 0 Å². The van der Waals surface area contributed by atoms with E-state index >= 15 is 0 Å². The van der Waals surface area contributed by atoms with Crippen LogP contribution >= 0.6 is 0 Å². The Hall–Kier alpha value is -0.550. The molecule has 0 aromatic heterocycles. The van der Waals surface area contributed by atoms with Gasteiger partial charge in [-0.1, -0.05) is 20.3 Å². The summed E-state index contributed by atoms with van der Waals surface area (Å²) in [5, 5.41) is 12.2. The van der Waals surface area contributed by atoms with Crippen LogP contribution < -0.4 is 5.32 Å². The normalized spacial score (nSPS) is 20.9. The number of nitrogens with zero attached hydrogens (tertiary/aromatic N) is 1. The minimum absolute atomic E-state index is 0.00965. The predicted octanol–water partition coefficient (Wildman–Crippen LogP) is 1.68. The number of rotatable bonds is 3. The lowest BCUT2D eigenvalue weighted by atomic mass is 9.70. The molecule has 1 saturated carbocycles. The fourth-order valence-electron chi connectivity index (χ4n) is 1.33. The lowest BCUT2D eigenvalue weighted by molar-refractivity contribution is 0.202. The van der Waals surface area contributed by atoms with Gasteiger partial charge >= 0.3 is 0 Å². The highest BCUT2D eigenvalue weighted by atomic mass is 14.9. The van der Waals surface area contributed by atoms with Crippen LogP contribution in [-0.2, 0) is 0 Å². The molecule has 1 rings (SSSR count). The molecule has 1 fully saturated rings. The van der Waals surface area contributed by atoms with Gasteiger partial charge in [0.05, 0.1) is 11.5 Å². The number of hydrogen-bond acceptors (Lipinski definition) is 2. The summed E-state index contributed by atoms with van der Waals surface area (Å²) in [6.07, 6.45) is 3.40. The van der Waals surface area contributed by atoms with Crippen molar-refractivity contribution in [1.82, 2.24) is 5.32 Å². The molecule has 11 heavy (non-hydrogen) atoms. The number of nitrogens with one attached hydrogen (secondary N) is 1. The van der Waals surface area contributed by atoms with Gasteiger partial charge in [-0.3, -0.25) is 0 Å². The molecule has 62 valence electrons. The van der Waals surface area contributed by atoms with Crippen molar-refractivity contribution in [2.45, 2.75) is 39.2 Å². The Morgan fingerprint density at radius 3 is 2.45 bits per heavy atom. The van der Waals surface area contributed by atoms with Crippen LogP contribution in [0.2, 0.25) is 0 Å². The topological polar surface area (TPSA) is 35.8 Å². The third kappa shape index (κ3) is 1.94. The van der Waals surface area contributed by atoms with Crippen LogP contribution in [0.25, 0.3) is 0 Å². The lowest BCUT2D eigenvalue weighted by Gasteiger charge is -2.35. The van der Waals surface area contributed by atoms with Crippen molar-refractivity contribution in [2.75, 3.05) is 6.54 Å². The lowest BCUT2D eigenvalue weighted by Crippen LogP contribution is -2.41. The molecule has 0 bridgehead atoms. The quantitative estimate of drug-likeness (QED) is 0.667. The first-order chi connectivity index (χ1) is 5.18. The van der Waals surface area contributed by atoms with E-state index in [0.717, 1.165) is 19.4 Å². The van der Waals surface area contributed by atoms with E-state index in [4.69, 9.17) is 5.26 Å². The SMILES string of the molecule is CC(C)NCC1(C#N)CCC1. The van der Waals surface area contributed by atoms with Gasteiger partial charge in [-0.2, -0.15) is 5.26 Å². The maximum atomic E-state index is 8.86. The molecule has 0 unspecified atom stereocenters. The van der Waals surface area contributed by atoms with Gasteiger partial charge in [-0.25, -0.2) is 0 Å². The summed E-state index contributed by atoms with van der Waals surface area (Å²) in [5.41, 5.74) is -0.00965. The zero-order valence-corrected chi connectivity index (χ0v) is 7.35. The average molecular weight is 152 g/mol. The van der Waals surface area contributed by atoms with E-state index in [2.05, 4.69) is 25.2 Å². The van der Waals surface area contributed by atoms with Gasteiger partial charge in [0.2, 0.25) is 0 Å². The Balaban J connectivity index is 2.29. The Kier molecular flexibility index (Phi) is 2.51. The van der Waals surface area contributed by atoms with E-state index in [0.29, 0.717) is 6.04 Å². The van der Waals surface area contributed by atoms with Crippen LogP contribution in [0, 0.1) is 16.7 Å². The van der Waals surface area contributed by atoms with Crippen molar-refractivity contribution in [1.29, 1.82) is 5.26 Å². The monoisotopic (exact) mass is 152 g/mol. The van der Waals surface area contributed by atoms with E-state index in [1.807, 2.05) is 0 Å². The van der Waals surface area contributed by atoms with Gasteiger partial charge < -0.3 is 5.32 Å². The van der Waals surface area contributed by atoms with Gasteiger partial charge in [-0.05, 0) is 12.8 Å². The fraction of sp³-hybridized carbons (Fsp3) is 0.889. The van der Waals surface area contributed by atoms with Gasteiger partial charge in [-0.15, -0.1) is 0 Å². The minimum atomic E-state index is -0.00965. The van der Waals surface area contributed by atoms with Crippen LogP contribution in [0.15, 0.2) is 0 Å². The molecule has 0 radical (unpaired) electrons. The molecule has 1 N–H and O–H groups in total. The molecule has 0 saturated heterocycles. The van der Waals surface area contributed by atoms with Crippen molar-refractivity contribution < 1.29 is 0 Å². The molecule has 0 atom stereocenters. The molecule has 2 nitrogen and oxygen atoms in total. The van der Waals surface area contributed by atoms with Gasteiger partial charge in [0, 0.05) is 12.6 Å². The Morgan fingerprint density at radius 2 is 2.18 bits per heavy atom. The number of hydrogen-bond donors (Lipinski definition) is 1. The molecular formula is C9H16N2. The second-order valence-electron chi connectivity index (χ2n) is 3.78. The summed E-state index contributed by atoms with van der Waals surface area (Å²) in [7, 11) is 0. The average Bonchev–Trinajstić information content (AvgIpc) is 1.86. The smallest absolute Gasteiger partial charge is 0.0703 e. The Bertz CT molecular complexity index is 163. The summed E-state index contributed by atoms with van der Waals surface area (Å²) in [6, 6.07) is 2.91. The Morgan fingerprint density at radius 1 is 1.55 bits per heavy atom. The van der Waals surface area contributed by atoms with Crippen LogP contribution in [0.1, 0.15) is 33.1 Å². The minimum Gasteiger partial charge on any atom is -0.313 e. The van der Waals surface area contributed by atoms with Gasteiger partial charge in [0.25, 0.3) is 0 Å². The summed E-state index contributed by atoms with van der Waals surface area (Å²) >= 11 is 0. The Labute approximate surface area is 68.6 Å². The van der Waals surface area contributed by atoms with Crippen LogP contribution in [-0.4, -0.2) is 12.6 Å². The highest BCUT2D eigenvalue weighted by Gasteiger charge is 2.36. The van der Waals surface area contributed by atoms with E-state index in [9.17, 15) is 0 Å². The fourth-order valence-corrected chi connectivity index (χ4v) is 1.33. The molecule has 0 heterocycles. The van der Waals surface area contributed by atoms with E-state index < -0.39 is 0 Å². The molecular weight excluding hydrogens is 136 g/mol. The van der Waals surface area contributed by atoms with Crippen LogP contribution in [0.5, 0.6) is 0 Å². The zero-order chi connectivity index (χ0) is 8.32. The molecule has 0 aliphatic heterocycles. The largest absolute Gasteiger partial charge is 0.313 e. The molecule has 1 aliphatic rings. The first kappa shape index (κ1) is 8.55. The third-order valence-corrected chi connectivity index (χ3v) is 2.40. The molecule has 2 heteroatoms. The summed E-state index contributed by atoms with van der Waals surface area (Å²) < 4.78 is 0. The zero-order valence-electron chi connectivity index (χ0n) is 7.35. The maximum absolute atomic E-state index is 8.86. The number of nitriles is 1. The molecule has 0 aromatic rings. The molecule has 0 aromatic carbocycles. The van der Waals surface area contributed by atoms with E-state index in [1.165, 1.54) is 6.42 Å². The second kappa shape index (κ2) is 3.23. The maximum Gasteiger partial charge on any atom is 0.0703 e. The molecule has 1 aliphatic carbocycles. The second-order valence-corrected chi connectivity index (χ2v) is 3.78. The van der Waals surface area contributed by atoms with Crippen LogP contribution in [0.3, 0.4) is 0 Å². The third-order valence-electron chi connectivity index (χ3n) is 2.40. The van der Waals surface area contributed by atoms with Crippen molar-refractivity contribution in [3.63, 3.8) is 0 Å². The summed E-state index contributed by atoms with van der Waals surface area (Å²) in [5.74, 6) is 0. The van der Waals surface area contributed by atoms with Crippen molar-refractivity contribution in [2.24, 2.45) is 5.41 Å². The first-order valence-corrected chi connectivity index (χ1v) is 4.33. The van der Waals surface area contributed by atoms with E-state index in [-0.39, 0.29) is 5.41 Å².